The van der Waals surface area contributed by atoms with Gasteiger partial charge in [0.05, 0.1) is 37.6 Å². The molecule has 8 nitrogen and oxygen atoms in total. The summed E-state index contributed by atoms with van der Waals surface area (Å²) in [6, 6.07) is 24.8. The quantitative estimate of drug-likeness (QED) is 0.222. The molecule has 2 N–H and O–H groups in total. The maximum Gasteiger partial charge on any atom is 0.494 e. The van der Waals surface area contributed by atoms with Crippen molar-refractivity contribution in [2.75, 3.05) is 26.4 Å². The summed E-state index contributed by atoms with van der Waals surface area (Å²) < 4.78 is 35.9. The second kappa shape index (κ2) is 28.9. The summed E-state index contributed by atoms with van der Waals surface area (Å²) in [4.78, 5) is 0. The van der Waals surface area contributed by atoms with Gasteiger partial charge in [0.1, 0.15) is 0 Å². The van der Waals surface area contributed by atoms with Gasteiger partial charge in [-0.2, -0.15) is 0 Å². The van der Waals surface area contributed by atoms with Crippen molar-refractivity contribution in [1.82, 2.24) is 0 Å². The molecule has 312 valence electrons. The Labute approximate surface area is 342 Å². The summed E-state index contributed by atoms with van der Waals surface area (Å²) >= 11 is 0. The van der Waals surface area contributed by atoms with Gasteiger partial charge < -0.3 is 38.1 Å². The number of hydrogen-bond acceptors (Lipinski definition) is 8. The van der Waals surface area contributed by atoms with Gasteiger partial charge in [-0.05, 0) is 63.7 Å². The first-order valence-electron chi connectivity index (χ1n) is 21.9. The minimum atomic E-state index is -1.50. The molecule has 7 rings (SSSR count). The van der Waals surface area contributed by atoms with E-state index in [-0.39, 0.29) is 56.4 Å². The van der Waals surface area contributed by atoms with E-state index in [1.807, 2.05) is 95.2 Å². The zero-order valence-corrected chi connectivity index (χ0v) is 37.3. The Kier molecular flexibility index (Phi) is 26.6. The molecule has 3 aromatic rings. The number of hydrogen-bond donors (Lipinski definition) is 2. The Balaban J connectivity index is 0.00000120. The smallest absolute Gasteiger partial charge is 0.423 e. The summed E-state index contributed by atoms with van der Waals surface area (Å²) in [7, 11) is -2.24. The highest BCUT2D eigenvalue weighted by Crippen LogP contribution is 2.43. The molecule has 3 aromatic carbocycles. The van der Waals surface area contributed by atoms with E-state index in [0.29, 0.717) is 31.9 Å². The van der Waals surface area contributed by atoms with Crippen molar-refractivity contribution in [3.8, 4) is 0 Å². The highest BCUT2D eigenvalue weighted by atomic mass is 16.7. The molecule has 0 aliphatic carbocycles. The number of benzene rings is 3. The summed E-state index contributed by atoms with van der Waals surface area (Å²) in [5, 5.41) is 19.4. The maximum absolute atomic E-state index is 9.70. The molecule has 0 aromatic heterocycles. The first-order valence-corrected chi connectivity index (χ1v) is 21.9. The molecular weight excluding hydrogens is 701 g/mol. The molecule has 4 aliphatic rings. The number of fused-ring (bicyclic) bond motifs is 2. The fraction of sp³-hybridized carbons (Fsp3) is 0.600. The van der Waals surface area contributed by atoms with E-state index < -0.39 is 7.12 Å². The van der Waals surface area contributed by atoms with E-state index in [0.717, 1.165) is 29.3 Å². The van der Waals surface area contributed by atoms with Crippen molar-refractivity contribution in [2.24, 2.45) is 0 Å². The van der Waals surface area contributed by atoms with Crippen molar-refractivity contribution in [3.63, 3.8) is 0 Å². The Morgan fingerprint density at radius 3 is 1.12 bits per heavy atom. The molecule has 0 bridgehead atoms. The van der Waals surface area contributed by atoms with Crippen molar-refractivity contribution >= 4 is 37.7 Å². The lowest BCUT2D eigenvalue weighted by Crippen LogP contribution is -2.34. The minimum absolute atomic E-state index is 0.00525. The van der Waals surface area contributed by atoms with Gasteiger partial charge >= 0.3 is 21.4 Å². The number of ether oxygens (including phenoxy) is 2. The topological polar surface area (TPSA) is 95.8 Å². The lowest BCUT2D eigenvalue weighted by atomic mass is 9.70. The van der Waals surface area contributed by atoms with Crippen LogP contribution in [0, 0.1) is 0 Å². The van der Waals surface area contributed by atoms with E-state index >= 15 is 0 Å². The Bertz CT molecular complexity index is 1280. The predicted molar refractivity (Wildman–Crippen MR) is 238 cm³/mol. The summed E-state index contributed by atoms with van der Waals surface area (Å²) in [5.74, 6) is 0.443. The summed E-state index contributed by atoms with van der Waals surface area (Å²) in [6.07, 6.45) is 1.89. The van der Waals surface area contributed by atoms with E-state index in [4.69, 9.17) is 28.1 Å². The van der Waals surface area contributed by atoms with Gasteiger partial charge in [0, 0.05) is 13.2 Å². The van der Waals surface area contributed by atoms with Crippen LogP contribution in [0.5, 0.6) is 0 Å². The molecule has 0 amide bonds. The van der Waals surface area contributed by atoms with Gasteiger partial charge in [0.15, 0.2) is 0 Å². The van der Waals surface area contributed by atoms with Gasteiger partial charge in [0.25, 0.3) is 0 Å². The maximum atomic E-state index is 9.70. The third kappa shape index (κ3) is 13.8. The normalized spacial score (nSPS) is 21.9. The highest BCUT2D eigenvalue weighted by Gasteiger charge is 2.43. The van der Waals surface area contributed by atoms with Crippen LogP contribution in [0.4, 0.5) is 0 Å². The molecule has 4 fully saturated rings. The Morgan fingerprint density at radius 2 is 0.804 bits per heavy atom. The molecule has 0 spiro atoms. The van der Waals surface area contributed by atoms with E-state index in [1.54, 1.807) is 12.1 Å². The first kappa shape index (κ1) is 51.6. The first-order chi connectivity index (χ1) is 27.4. The van der Waals surface area contributed by atoms with Gasteiger partial charge in [-0.15, -0.1) is 0 Å². The van der Waals surface area contributed by atoms with Crippen LogP contribution in [-0.4, -0.2) is 82.2 Å². The average molecular weight is 777 g/mol. The second-order valence-corrected chi connectivity index (χ2v) is 12.6. The van der Waals surface area contributed by atoms with Crippen LogP contribution < -0.4 is 16.4 Å². The Hall–Kier alpha value is -2.47. The molecule has 56 heavy (non-hydrogen) atoms. The fourth-order valence-corrected chi connectivity index (χ4v) is 7.19. The van der Waals surface area contributed by atoms with Crippen molar-refractivity contribution < 1.29 is 38.1 Å². The third-order valence-corrected chi connectivity index (χ3v) is 9.85. The van der Waals surface area contributed by atoms with E-state index in [1.165, 1.54) is 11.1 Å². The monoisotopic (exact) mass is 777 g/mol. The highest BCUT2D eigenvalue weighted by molar-refractivity contribution is 6.62. The predicted octanol–water partition coefficient (Wildman–Crippen LogP) is 8.01. The number of rotatable bonds is 8. The molecule has 0 radical (unpaired) electrons. The van der Waals surface area contributed by atoms with Gasteiger partial charge in [-0.3, -0.25) is 0 Å². The molecule has 4 heterocycles. The summed E-state index contributed by atoms with van der Waals surface area (Å²) in [5.41, 5.74) is 6.07. The molecular formula is C45H75B3O8. The second-order valence-electron chi connectivity index (χ2n) is 12.6. The SMILES string of the molecule is CC.CC.CC.CC.CC.CC.CC(c1ccc(B2OC3CCOCC3O2)cc1)C(c1ccc(B(O)O)cc1)C(C)c1ccc(B2OC3CCOCC3O2)cc1. The van der Waals surface area contributed by atoms with Crippen molar-refractivity contribution in [3.05, 3.63) is 89.5 Å². The third-order valence-electron chi connectivity index (χ3n) is 9.85. The average Bonchev–Trinajstić information content (AvgIpc) is 3.94. The van der Waals surface area contributed by atoms with Crippen molar-refractivity contribution in [1.29, 1.82) is 0 Å². The van der Waals surface area contributed by atoms with Gasteiger partial charge in [-0.25, -0.2) is 0 Å². The van der Waals surface area contributed by atoms with Crippen molar-refractivity contribution in [2.45, 2.75) is 152 Å². The van der Waals surface area contributed by atoms with E-state index in [9.17, 15) is 10.0 Å². The molecule has 4 saturated heterocycles. The summed E-state index contributed by atoms with van der Waals surface area (Å²) in [6.45, 7) is 31.1. The molecule has 6 atom stereocenters. The van der Waals surface area contributed by atoms with Crippen LogP contribution in [0.2, 0.25) is 0 Å². The van der Waals surface area contributed by atoms with Crippen LogP contribution in [0.1, 0.15) is 144 Å². The van der Waals surface area contributed by atoms with Crippen LogP contribution >= 0.6 is 0 Å². The van der Waals surface area contributed by atoms with Crippen LogP contribution in [0.3, 0.4) is 0 Å². The zero-order chi connectivity index (χ0) is 42.2. The van der Waals surface area contributed by atoms with Gasteiger partial charge in [0.2, 0.25) is 0 Å². The molecule has 4 aliphatic heterocycles. The molecule has 0 saturated carbocycles. The Morgan fingerprint density at radius 1 is 0.482 bits per heavy atom. The fourth-order valence-electron chi connectivity index (χ4n) is 7.19. The standard InChI is InChI=1S/C33H39B3O8.6C2H6/c1-21(23-3-11-27(12-4-23)35-41-29-15-17-39-19-31(29)43-35)33(25-7-9-26(10-8-25)34(37)38)22(2)24-5-13-28(14-6-24)36-42-30-16-18-40-20-32(30)44-36;6*1-2/h3-14,21-22,29-33,37-38H,15-20H2,1-2H3;6*1-2H3. The van der Waals surface area contributed by atoms with Crippen LogP contribution in [-0.2, 0) is 28.1 Å². The van der Waals surface area contributed by atoms with Crippen LogP contribution in [0.25, 0.3) is 0 Å². The van der Waals surface area contributed by atoms with E-state index in [2.05, 4.69) is 62.4 Å². The largest absolute Gasteiger partial charge is 0.494 e. The molecule has 6 unspecified atom stereocenters. The lowest BCUT2D eigenvalue weighted by Gasteiger charge is -2.31. The zero-order valence-electron chi connectivity index (χ0n) is 37.3. The van der Waals surface area contributed by atoms with Crippen LogP contribution in [0.15, 0.2) is 72.8 Å². The van der Waals surface area contributed by atoms with Gasteiger partial charge in [-0.1, -0.05) is 170 Å². The lowest BCUT2D eigenvalue weighted by molar-refractivity contribution is -0.0194. The minimum Gasteiger partial charge on any atom is -0.423 e. The molecule has 11 heteroatoms.